The van der Waals surface area contributed by atoms with Gasteiger partial charge in [-0.15, -0.1) is 0 Å². The Balaban J connectivity index is 1.59. The molecule has 1 saturated carbocycles. The predicted molar refractivity (Wildman–Crippen MR) is 76.8 cm³/mol. The summed E-state index contributed by atoms with van der Waals surface area (Å²) in [7, 11) is 0. The highest BCUT2D eigenvalue weighted by molar-refractivity contribution is 5.27. The Morgan fingerprint density at radius 2 is 2.10 bits per heavy atom. The number of nitrogens with zero attached hydrogens (tertiary/aromatic N) is 2. The molecule has 0 amide bonds. The molecule has 0 unspecified atom stereocenters. The second-order valence-electron chi connectivity index (χ2n) is 5.41. The van der Waals surface area contributed by atoms with Crippen molar-refractivity contribution in [3.63, 3.8) is 0 Å². The van der Waals surface area contributed by atoms with E-state index in [9.17, 15) is 5.11 Å². The van der Waals surface area contributed by atoms with Crippen LogP contribution in [0, 0.1) is 0 Å². The molecular formula is C16H20N2O2. The average Bonchev–Trinajstić information content (AvgIpc) is 2.95. The van der Waals surface area contributed by atoms with Crippen LogP contribution in [0.4, 0.5) is 0 Å². The van der Waals surface area contributed by atoms with Gasteiger partial charge < -0.3 is 9.84 Å². The molecule has 1 aromatic carbocycles. The largest absolute Gasteiger partial charge is 0.508 e. The van der Waals surface area contributed by atoms with Crippen molar-refractivity contribution in [2.24, 2.45) is 0 Å². The van der Waals surface area contributed by atoms with Gasteiger partial charge >= 0.3 is 0 Å². The molecule has 0 bridgehead atoms. The van der Waals surface area contributed by atoms with Crippen molar-refractivity contribution < 1.29 is 9.84 Å². The standard InChI is InChI=1S/C16H20N2O2/c19-15-8-4-5-13(9-15)12-20-16-10-17-18(11-16)14-6-2-1-3-7-14/h4-5,8-11,14,19H,1-3,6-7,12H2. The number of benzene rings is 1. The second-order valence-corrected chi connectivity index (χ2v) is 5.41. The number of phenols is 1. The highest BCUT2D eigenvalue weighted by atomic mass is 16.5. The van der Waals surface area contributed by atoms with Crippen LogP contribution in [0.2, 0.25) is 0 Å². The van der Waals surface area contributed by atoms with Gasteiger partial charge in [0.05, 0.1) is 18.4 Å². The molecule has 4 heteroatoms. The Labute approximate surface area is 119 Å². The van der Waals surface area contributed by atoms with E-state index >= 15 is 0 Å². The van der Waals surface area contributed by atoms with Crippen LogP contribution in [0.3, 0.4) is 0 Å². The van der Waals surface area contributed by atoms with Gasteiger partial charge in [-0.05, 0) is 30.5 Å². The molecule has 0 atom stereocenters. The van der Waals surface area contributed by atoms with Crippen LogP contribution in [0.5, 0.6) is 11.5 Å². The van der Waals surface area contributed by atoms with Gasteiger partial charge in [0, 0.05) is 0 Å². The lowest BCUT2D eigenvalue weighted by atomic mass is 9.96. The van der Waals surface area contributed by atoms with Crippen molar-refractivity contribution in [3.8, 4) is 11.5 Å². The fourth-order valence-corrected chi connectivity index (χ4v) is 2.75. The molecular weight excluding hydrogens is 252 g/mol. The van der Waals surface area contributed by atoms with Crippen LogP contribution < -0.4 is 4.74 Å². The first-order valence-electron chi connectivity index (χ1n) is 7.26. The summed E-state index contributed by atoms with van der Waals surface area (Å²) in [4.78, 5) is 0. The Hall–Kier alpha value is -1.97. The molecule has 4 nitrogen and oxygen atoms in total. The first-order valence-corrected chi connectivity index (χ1v) is 7.26. The molecule has 1 fully saturated rings. The van der Waals surface area contributed by atoms with Crippen molar-refractivity contribution in [1.29, 1.82) is 0 Å². The van der Waals surface area contributed by atoms with E-state index in [0.29, 0.717) is 12.6 Å². The molecule has 0 radical (unpaired) electrons. The molecule has 0 saturated heterocycles. The normalized spacial score (nSPS) is 16.2. The SMILES string of the molecule is Oc1cccc(COc2cnn(C3CCCCC3)c2)c1. The quantitative estimate of drug-likeness (QED) is 0.923. The van der Waals surface area contributed by atoms with E-state index in [1.54, 1.807) is 18.3 Å². The molecule has 1 heterocycles. The summed E-state index contributed by atoms with van der Waals surface area (Å²) < 4.78 is 7.76. The number of hydrogen-bond acceptors (Lipinski definition) is 3. The summed E-state index contributed by atoms with van der Waals surface area (Å²) in [6.45, 7) is 0.449. The summed E-state index contributed by atoms with van der Waals surface area (Å²) in [5.41, 5.74) is 0.954. The van der Waals surface area contributed by atoms with Gasteiger partial charge in [0.15, 0.2) is 5.75 Å². The molecule has 1 aliphatic rings. The summed E-state index contributed by atoms with van der Waals surface area (Å²) in [5.74, 6) is 1.06. The molecule has 3 rings (SSSR count). The molecule has 0 aliphatic heterocycles. The number of phenolic OH excluding ortho intramolecular Hbond substituents is 1. The second kappa shape index (κ2) is 5.99. The summed E-state index contributed by atoms with van der Waals surface area (Å²) in [6, 6.07) is 7.66. The molecule has 106 valence electrons. The van der Waals surface area contributed by atoms with Gasteiger partial charge in [0.25, 0.3) is 0 Å². The van der Waals surface area contributed by atoms with E-state index in [4.69, 9.17) is 4.74 Å². The average molecular weight is 272 g/mol. The van der Waals surface area contributed by atoms with Crippen molar-refractivity contribution in [1.82, 2.24) is 9.78 Å². The van der Waals surface area contributed by atoms with Crippen LogP contribution in [0.15, 0.2) is 36.7 Å². The van der Waals surface area contributed by atoms with Crippen LogP contribution in [0.1, 0.15) is 43.7 Å². The van der Waals surface area contributed by atoms with E-state index in [0.717, 1.165) is 11.3 Å². The highest BCUT2D eigenvalue weighted by Crippen LogP contribution is 2.28. The van der Waals surface area contributed by atoms with Gasteiger partial charge in [-0.25, -0.2) is 0 Å². The zero-order valence-electron chi connectivity index (χ0n) is 11.5. The van der Waals surface area contributed by atoms with E-state index in [1.165, 1.54) is 32.1 Å². The lowest BCUT2D eigenvalue weighted by Gasteiger charge is -2.21. The molecule has 1 aromatic heterocycles. The predicted octanol–water partition coefficient (Wildman–Crippen LogP) is 3.67. The first-order chi connectivity index (χ1) is 9.81. The van der Waals surface area contributed by atoms with Crippen molar-refractivity contribution >= 4 is 0 Å². The fraction of sp³-hybridized carbons (Fsp3) is 0.438. The van der Waals surface area contributed by atoms with Gasteiger partial charge in [0.2, 0.25) is 0 Å². The van der Waals surface area contributed by atoms with E-state index < -0.39 is 0 Å². The van der Waals surface area contributed by atoms with E-state index in [2.05, 4.69) is 5.10 Å². The van der Waals surface area contributed by atoms with Crippen LogP contribution in [-0.4, -0.2) is 14.9 Å². The number of hydrogen-bond donors (Lipinski definition) is 1. The van der Waals surface area contributed by atoms with Gasteiger partial charge in [0.1, 0.15) is 12.4 Å². The van der Waals surface area contributed by atoms with Crippen molar-refractivity contribution in [2.75, 3.05) is 0 Å². The molecule has 0 spiro atoms. The number of aromatic hydroxyl groups is 1. The van der Waals surface area contributed by atoms with Crippen LogP contribution in [-0.2, 0) is 6.61 Å². The maximum atomic E-state index is 9.41. The molecule has 2 aromatic rings. The maximum absolute atomic E-state index is 9.41. The number of rotatable bonds is 4. The van der Waals surface area contributed by atoms with E-state index in [-0.39, 0.29) is 5.75 Å². The third-order valence-corrected chi connectivity index (χ3v) is 3.84. The minimum absolute atomic E-state index is 0.268. The van der Waals surface area contributed by atoms with Crippen LogP contribution >= 0.6 is 0 Å². The fourth-order valence-electron chi connectivity index (χ4n) is 2.75. The van der Waals surface area contributed by atoms with Crippen molar-refractivity contribution in [2.45, 2.75) is 44.8 Å². The minimum atomic E-state index is 0.268. The van der Waals surface area contributed by atoms with Gasteiger partial charge in [-0.3, -0.25) is 4.68 Å². The Morgan fingerprint density at radius 3 is 2.90 bits per heavy atom. The Morgan fingerprint density at radius 1 is 1.25 bits per heavy atom. The number of aromatic nitrogens is 2. The topological polar surface area (TPSA) is 47.3 Å². The van der Waals surface area contributed by atoms with Gasteiger partial charge in [-0.2, -0.15) is 5.10 Å². The first kappa shape index (κ1) is 13.0. The summed E-state index contributed by atoms with van der Waals surface area (Å²) in [5, 5.41) is 13.8. The Bertz CT molecular complexity index is 559. The van der Waals surface area contributed by atoms with Gasteiger partial charge in [-0.1, -0.05) is 31.4 Å². The van der Waals surface area contributed by atoms with Crippen LogP contribution in [0.25, 0.3) is 0 Å². The molecule has 1 aliphatic carbocycles. The zero-order chi connectivity index (χ0) is 13.8. The summed E-state index contributed by atoms with van der Waals surface area (Å²) >= 11 is 0. The molecule has 1 N–H and O–H groups in total. The third-order valence-electron chi connectivity index (χ3n) is 3.84. The highest BCUT2D eigenvalue weighted by Gasteiger charge is 2.16. The maximum Gasteiger partial charge on any atom is 0.157 e. The smallest absolute Gasteiger partial charge is 0.157 e. The zero-order valence-corrected chi connectivity index (χ0v) is 11.5. The monoisotopic (exact) mass is 272 g/mol. The lowest BCUT2D eigenvalue weighted by molar-refractivity contribution is 0.300. The van der Waals surface area contributed by atoms with E-state index in [1.807, 2.05) is 23.0 Å². The lowest BCUT2D eigenvalue weighted by Crippen LogP contribution is -2.12. The Kier molecular flexibility index (Phi) is 3.90. The molecule has 20 heavy (non-hydrogen) atoms. The summed E-state index contributed by atoms with van der Waals surface area (Å²) in [6.07, 6.45) is 10.1. The third kappa shape index (κ3) is 3.13. The van der Waals surface area contributed by atoms with Crippen molar-refractivity contribution in [3.05, 3.63) is 42.2 Å². The number of ether oxygens (including phenoxy) is 1. The minimum Gasteiger partial charge on any atom is -0.508 e.